The Hall–Kier alpha value is -2.44. The molecule has 1 atom stereocenters. The lowest BCUT2D eigenvalue weighted by Gasteiger charge is -2.33. The number of carbonyl (C=O) groups excluding carboxylic acids is 3. The van der Waals surface area contributed by atoms with Crippen LogP contribution in [0.25, 0.3) is 0 Å². The zero-order chi connectivity index (χ0) is 18.9. The average molecular weight is 358 g/mol. The fourth-order valence-corrected chi connectivity index (χ4v) is 3.66. The van der Waals surface area contributed by atoms with Crippen LogP contribution in [0.3, 0.4) is 0 Å². The van der Waals surface area contributed by atoms with Crippen molar-refractivity contribution >= 4 is 17.8 Å². The van der Waals surface area contributed by atoms with E-state index in [-0.39, 0.29) is 18.4 Å². The Labute approximate surface area is 153 Å². The summed E-state index contributed by atoms with van der Waals surface area (Å²) in [6.45, 7) is 6.38. The van der Waals surface area contributed by atoms with Gasteiger partial charge in [0.15, 0.2) is 0 Å². The van der Waals surface area contributed by atoms with Gasteiger partial charge in [0.05, 0.1) is 0 Å². The molecule has 0 aromatic carbocycles. The van der Waals surface area contributed by atoms with Gasteiger partial charge in [-0.05, 0) is 58.1 Å². The first kappa shape index (κ1) is 18.4. The van der Waals surface area contributed by atoms with Crippen LogP contribution >= 0.6 is 0 Å². The number of pyridine rings is 1. The Morgan fingerprint density at radius 2 is 2.12 bits per heavy atom. The third kappa shape index (κ3) is 3.86. The summed E-state index contributed by atoms with van der Waals surface area (Å²) in [5.41, 5.74) is 1.09. The van der Waals surface area contributed by atoms with Crippen molar-refractivity contribution in [2.24, 2.45) is 5.92 Å². The highest BCUT2D eigenvalue weighted by Crippen LogP contribution is 2.22. The summed E-state index contributed by atoms with van der Waals surface area (Å²) in [6, 6.07) is 5.50. The number of likely N-dealkylation sites (tertiary alicyclic amines) is 1. The molecule has 7 nitrogen and oxygen atoms in total. The number of piperidine rings is 1. The first-order valence-corrected chi connectivity index (χ1v) is 9.10. The fraction of sp³-hybridized carbons (Fsp3) is 0.579. The summed E-state index contributed by atoms with van der Waals surface area (Å²) in [5, 5.41) is 2.61. The highest BCUT2D eigenvalue weighted by molar-refractivity contribution is 6.08. The molecule has 3 heterocycles. The van der Waals surface area contributed by atoms with Crippen molar-refractivity contribution in [3.8, 4) is 0 Å². The fourth-order valence-electron chi connectivity index (χ4n) is 3.66. The third-order valence-electron chi connectivity index (χ3n) is 5.05. The van der Waals surface area contributed by atoms with Crippen LogP contribution in [-0.4, -0.2) is 57.8 Å². The van der Waals surface area contributed by atoms with E-state index < -0.39 is 11.6 Å². The minimum Gasteiger partial charge on any atom is -0.341 e. The largest absolute Gasteiger partial charge is 0.341 e. The number of nitrogens with zero attached hydrogens (tertiary/aromatic N) is 3. The SMILES string of the molecule is Cc1cccc(C[C@@H]2CCCN(C(=O)CN3C(=O)NC(C)(C)C3=O)C2)n1. The Balaban J connectivity index is 1.60. The molecule has 2 fully saturated rings. The van der Waals surface area contributed by atoms with Crippen LogP contribution in [-0.2, 0) is 16.0 Å². The van der Waals surface area contributed by atoms with Crippen molar-refractivity contribution in [1.82, 2.24) is 20.1 Å². The van der Waals surface area contributed by atoms with Gasteiger partial charge in [0.2, 0.25) is 5.91 Å². The van der Waals surface area contributed by atoms with Crippen LogP contribution in [0, 0.1) is 12.8 Å². The second kappa shape index (κ2) is 7.05. The quantitative estimate of drug-likeness (QED) is 0.827. The van der Waals surface area contributed by atoms with Crippen LogP contribution in [0.1, 0.15) is 38.1 Å². The normalized spacial score (nSPS) is 22.5. The smallest absolute Gasteiger partial charge is 0.325 e. The molecule has 1 N–H and O–H groups in total. The lowest BCUT2D eigenvalue weighted by atomic mass is 9.93. The zero-order valence-corrected chi connectivity index (χ0v) is 15.6. The number of imide groups is 1. The number of nitrogens with one attached hydrogen (secondary N) is 1. The van der Waals surface area contributed by atoms with Gasteiger partial charge in [0, 0.05) is 24.5 Å². The van der Waals surface area contributed by atoms with Gasteiger partial charge in [-0.1, -0.05) is 6.07 Å². The second-order valence-electron chi connectivity index (χ2n) is 7.77. The number of carbonyl (C=O) groups is 3. The zero-order valence-electron chi connectivity index (χ0n) is 15.6. The number of rotatable bonds is 4. The number of hydrogen-bond acceptors (Lipinski definition) is 4. The van der Waals surface area contributed by atoms with E-state index in [1.165, 1.54) is 0 Å². The van der Waals surface area contributed by atoms with Crippen molar-refractivity contribution in [1.29, 1.82) is 0 Å². The minimum absolute atomic E-state index is 0.173. The summed E-state index contributed by atoms with van der Waals surface area (Å²) in [5.74, 6) is -0.178. The van der Waals surface area contributed by atoms with Gasteiger partial charge in [0.1, 0.15) is 12.1 Å². The van der Waals surface area contributed by atoms with Gasteiger partial charge in [-0.2, -0.15) is 0 Å². The number of amides is 4. The molecule has 1 aromatic heterocycles. The van der Waals surface area contributed by atoms with E-state index in [4.69, 9.17) is 0 Å². The standard InChI is InChI=1S/C19H26N4O3/c1-13-6-4-8-15(20-13)10-14-7-5-9-22(11-14)16(24)12-23-17(25)19(2,3)21-18(23)26/h4,6,8,14H,5,7,9-12H2,1-3H3,(H,21,26)/t14-/m0/s1. The van der Waals surface area contributed by atoms with Crippen molar-refractivity contribution in [3.63, 3.8) is 0 Å². The molecule has 0 saturated carbocycles. The van der Waals surface area contributed by atoms with Crippen LogP contribution in [0.5, 0.6) is 0 Å². The first-order valence-electron chi connectivity index (χ1n) is 9.10. The molecule has 4 amide bonds. The molecule has 2 saturated heterocycles. The minimum atomic E-state index is -0.946. The average Bonchev–Trinajstić information content (AvgIpc) is 2.77. The van der Waals surface area contributed by atoms with E-state index in [1.54, 1.807) is 18.7 Å². The van der Waals surface area contributed by atoms with E-state index in [0.29, 0.717) is 19.0 Å². The van der Waals surface area contributed by atoms with E-state index in [1.807, 2.05) is 25.1 Å². The van der Waals surface area contributed by atoms with Gasteiger partial charge in [-0.3, -0.25) is 19.5 Å². The first-order chi connectivity index (χ1) is 12.3. The summed E-state index contributed by atoms with van der Waals surface area (Å²) in [6.07, 6.45) is 2.81. The number of urea groups is 1. The molecule has 140 valence electrons. The van der Waals surface area contributed by atoms with Crippen LogP contribution in [0.2, 0.25) is 0 Å². The van der Waals surface area contributed by atoms with Gasteiger partial charge < -0.3 is 10.2 Å². The molecule has 2 aliphatic rings. The molecule has 0 unspecified atom stereocenters. The van der Waals surface area contributed by atoms with E-state index >= 15 is 0 Å². The number of aromatic nitrogens is 1. The summed E-state index contributed by atoms with van der Waals surface area (Å²) in [7, 11) is 0. The molecule has 0 spiro atoms. The van der Waals surface area contributed by atoms with Crippen molar-refractivity contribution in [2.75, 3.05) is 19.6 Å². The molecule has 0 aliphatic carbocycles. The van der Waals surface area contributed by atoms with Gasteiger partial charge >= 0.3 is 6.03 Å². The lowest BCUT2D eigenvalue weighted by Crippen LogP contribution is -2.47. The molecule has 26 heavy (non-hydrogen) atoms. The van der Waals surface area contributed by atoms with E-state index in [9.17, 15) is 14.4 Å². The summed E-state index contributed by atoms with van der Waals surface area (Å²) >= 11 is 0. The maximum atomic E-state index is 12.6. The molecule has 1 aromatic rings. The Kier molecular flexibility index (Phi) is 4.98. The molecule has 2 aliphatic heterocycles. The van der Waals surface area contributed by atoms with Crippen LogP contribution < -0.4 is 5.32 Å². The monoisotopic (exact) mass is 358 g/mol. The predicted octanol–water partition coefficient (Wildman–Crippen LogP) is 1.50. The van der Waals surface area contributed by atoms with Gasteiger partial charge in [-0.25, -0.2) is 4.79 Å². The number of hydrogen-bond donors (Lipinski definition) is 1. The van der Waals surface area contributed by atoms with E-state index in [0.717, 1.165) is 35.6 Å². The van der Waals surface area contributed by atoms with E-state index in [2.05, 4.69) is 10.3 Å². The maximum absolute atomic E-state index is 12.6. The molecule has 0 bridgehead atoms. The summed E-state index contributed by atoms with van der Waals surface area (Å²) < 4.78 is 0. The Morgan fingerprint density at radius 1 is 1.35 bits per heavy atom. The highest BCUT2D eigenvalue weighted by Gasteiger charge is 2.45. The molecular formula is C19H26N4O3. The van der Waals surface area contributed by atoms with Crippen LogP contribution in [0.4, 0.5) is 4.79 Å². The van der Waals surface area contributed by atoms with Crippen LogP contribution in [0.15, 0.2) is 18.2 Å². The molecular weight excluding hydrogens is 332 g/mol. The molecule has 0 radical (unpaired) electrons. The number of aryl methyl sites for hydroxylation is 1. The topological polar surface area (TPSA) is 82.6 Å². The third-order valence-corrected chi connectivity index (χ3v) is 5.05. The molecule has 7 heteroatoms. The highest BCUT2D eigenvalue weighted by atomic mass is 16.2. The molecule has 3 rings (SSSR count). The van der Waals surface area contributed by atoms with Crippen molar-refractivity contribution in [2.45, 2.75) is 45.6 Å². The van der Waals surface area contributed by atoms with Crippen molar-refractivity contribution in [3.05, 3.63) is 29.6 Å². The Bertz CT molecular complexity index is 731. The van der Waals surface area contributed by atoms with Crippen molar-refractivity contribution < 1.29 is 14.4 Å². The van der Waals surface area contributed by atoms with Gasteiger partial charge in [-0.15, -0.1) is 0 Å². The second-order valence-corrected chi connectivity index (χ2v) is 7.77. The maximum Gasteiger partial charge on any atom is 0.325 e. The predicted molar refractivity (Wildman–Crippen MR) is 96.3 cm³/mol. The Morgan fingerprint density at radius 3 is 2.77 bits per heavy atom. The van der Waals surface area contributed by atoms with Gasteiger partial charge in [0.25, 0.3) is 5.91 Å². The lowest BCUT2D eigenvalue weighted by molar-refractivity contribution is -0.139. The summed E-state index contributed by atoms with van der Waals surface area (Å²) in [4.78, 5) is 44.2.